The van der Waals surface area contributed by atoms with Crippen LogP contribution in [0.15, 0.2) is 22.1 Å². The number of aryl methyl sites for hydroxylation is 1. The molecule has 0 unspecified atom stereocenters. The standard InChI is InChI=1S/C32H46O6/c1-16-10-11-25-20(5)29(36-23(8)33)21(6)31(37-25)27-24-15-26(19(4)14-18(3)13-17(2)12-16)38-30(24)22(7)32(35-9)28(27)34/h12,15-16,18-21,25,29,31,34H,10-11,13-14H2,1-9H3/b17-12+/t16-,18+,19-,20-,21+,25+,29-,31+/m0/s1. The first-order chi connectivity index (χ1) is 17.9. The average Bonchev–Trinajstić information content (AvgIpc) is 3.27. The van der Waals surface area contributed by atoms with Gasteiger partial charge < -0.3 is 23.7 Å². The van der Waals surface area contributed by atoms with Crippen LogP contribution in [-0.4, -0.2) is 30.4 Å². The Labute approximate surface area is 227 Å². The molecule has 1 fully saturated rings. The monoisotopic (exact) mass is 526 g/mol. The number of carbonyl (C=O) groups excluding carboxylic acids is 1. The van der Waals surface area contributed by atoms with Crippen LogP contribution in [0.2, 0.25) is 0 Å². The number of methoxy groups -OCH3 is 1. The maximum Gasteiger partial charge on any atom is 0.302 e. The number of allylic oxidation sites excluding steroid dienone is 2. The molecule has 0 radical (unpaired) electrons. The minimum absolute atomic E-state index is 0.0197. The van der Waals surface area contributed by atoms with Gasteiger partial charge in [0.2, 0.25) is 0 Å². The van der Waals surface area contributed by atoms with Gasteiger partial charge in [-0.1, -0.05) is 46.3 Å². The first kappa shape index (κ1) is 28.5. The number of esters is 1. The van der Waals surface area contributed by atoms with E-state index in [9.17, 15) is 9.90 Å². The molecule has 210 valence electrons. The van der Waals surface area contributed by atoms with E-state index in [1.165, 1.54) is 12.5 Å². The molecular formula is C32H46O6. The third kappa shape index (κ3) is 5.47. The number of fused-ring (bicyclic) bond motifs is 4. The molecule has 4 rings (SSSR count). The Kier molecular flexibility index (Phi) is 8.51. The van der Waals surface area contributed by atoms with Crippen LogP contribution in [0, 0.1) is 30.6 Å². The second-order valence-electron chi connectivity index (χ2n) is 12.2. The lowest BCUT2D eigenvalue weighted by Crippen LogP contribution is -2.47. The van der Waals surface area contributed by atoms with Crippen LogP contribution in [0.1, 0.15) is 103 Å². The van der Waals surface area contributed by atoms with Gasteiger partial charge in [-0.3, -0.25) is 4.79 Å². The molecule has 6 heteroatoms. The van der Waals surface area contributed by atoms with E-state index in [0.717, 1.165) is 42.4 Å². The third-order valence-corrected chi connectivity index (χ3v) is 8.79. The SMILES string of the molecule is COc1c(O)c2c3cc(oc3c1C)[C@@H](C)C[C@H](C)C/C(C)=C/[C@@H](C)CC[C@H]1O[C@@H]2[C@H](C)[C@@H](OC(C)=O)[C@H]1C. The normalized spacial score (nSPS) is 34.1. The quantitative estimate of drug-likeness (QED) is 0.316. The van der Waals surface area contributed by atoms with Crippen LogP contribution in [0.3, 0.4) is 0 Å². The molecule has 1 aromatic heterocycles. The number of hydrogen-bond donors (Lipinski definition) is 1. The Morgan fingerprint density at radius 3 is 2.45 bits per heavy atom. The molecule has 38 heavy (non-hydrogen) atoms. The summed E-state index contributed by atoms with van der Waals surface area (Å²) in [6, 6.07) is 2.08. The number of furan rings is 1. The summed E-state index contributed by atoms with van der Waals surface area (Å²) in [5.74, 6) is 2.06. The zero-order valence-electron chi connectivity index (χ0n) is 24.6. The zero-order chi connectivity index (χ0) is 27.9. The van der Waals surface area contributed by atoms with Crippen molar-refractivity contribution in [1.82, 2.24) is 0 Å². The van der Waals surface area contributed by atoms with Crippen LogP contribution in [-0.2, 0) is 14.3 Å². The summed E-state index contributed by atoms with van der Waals surface area (Å²) in [6.45, 7) is 16.6. The van der Waals surface area contributed by atoms with Gasteiger partial charge in [0.1, 0.15) is 17.4 Å². The Morgan fingerprint density at radius 2 is 1.79 bits per heavy atom. The van der Waals surface area contributed by atoms with Crippen LogP contribution >= 0.6 is 0 Å². The van der Waals surface area contributed by atoms with Crippen LogP contribution in [0.25, 0.3) is 11.0 Å². The number of aromatic hydroxyl groups is 1. The Morgan fingerprint density at radius 1 is 1.08 bits per heavy atom. The largest absolute Gasteiger partial charge is 0.504 e. The molecule has 1 saturated heterocycles. The van der Waals surface area contributed by atoms with Crippen LogP contribution in [0.5, 0.6) is 11.5 Å². The molecule has 2 aliphatic heterocycles. The van der Waals surface area contributed by atoms with Crippen LogP contribution < -0.4 is 4.74 Å². The van der Waals surface area contributed by atoms with Gasteiger partial charge in [0, 0.05) is 41.2 Å². The van der Waals surface area contributed by atoms with E-state index < -0.39 is 6.10 Å². The molecule has 8 atom stereocenters. The summed E-state index contributed by atoms with van der Waals surface area (Å²) in [5, 5.41) is 12.4. The molecule has 1 N–H and O–H groups in total. The zero-order valence-corrected chi connectivity index (χ0v) is 24.6. The first-order valence-corrected chi connectivity index (χ1v) is 14.3. The minimum Gasteiger partial charge on any atom is -0.504 e. The molecule has 2 aromatic rings. The number of benzene rings is 1. The van der Waals surface area contributed by atoms with E-state index >= 15 is 0 Å². The molecule has 4 bridgehead atoms. The van der Waals surface area contributed by atoms with Gasteiger partial charge in [0.25, 0.3) is 0 Å². The van der Waals surface area contributed by atoms with Crippen molar-refractivity contribution in [1.29, 1.82) is 0 Å². The molecular weight excluding hydrogens is 480 g/mol. The molecule has 0 spiro atoms. The molecule has 3 heterocycles. The fourth-order valence-electron chi connectivity index (χ4n) is 6.98. The van der Waals surface area contributed by atoms with Crippen molar-refractivity contribution in [3.05, 3.63) is 34.6 Å². The lowest BCUT2D eigenvalue weighted by Gasteiger charge is -2.45. The van der Waals surface area contributed by atoms with E-state index in [1.54, 1.807) is 7.11 Å². The van der Waals surface area contributed by atoms with Crippen molar-refractivity contribution >= 4 is 16.9 Å². The molecule has 6 nitrogen and oxygen atoms in total. The Balaban J connectivity index is 1.92. The highest BCUT2D eigenvalue weighted by Gasteiger charge is 2.46. The van der Waals surface area contributed by atoms with E-state index in [1.807, 2.05) is 13.8 Å². The summed E-state index contributed by atoms with van der Waals surface area (Å²) < 4.78 is 25.0. The van der Waals surface area contributed by atoms with E-state index in [0.29, 0.717) is 28.7 Å². The summed E-state index contributed by atoms with van der Waals surface area (Å²) in [7, 11) is 1.57. The smallest absolute Gasteiger partial charge is 0.302 e. The number of phenols is 1. The molecule has 0 aliphatic carbocycles. The van der Waals surface area contributed by atoms with Crippen molar-refractivity contribution in [2.75, 3.05) is 7.11 Å². The topological polar surface area (TPSA) is 78.1 Å². The summed E-state index contributed by atoms with van der Waals surface area (Å²) in [6.07, 6.45) is 5.31. The fourth-order valence-corrected chi connectivity index (χ4v) is 6.98. The van der Waals surface area contributed by atoms with Crippen molar-refractivity contribution in [2.24, 2.45) is 23.7 Å². The average molecular weight is 527 g/mol. The van der Waals surface area contributed by atoms with Gasteiger partial charge in [0.15, 0.2) is 11.5 Å². The number of rotatable bonds is 2. The van der Waals surface area contributed by atoms with Crippen LogP contribution in [0.4, 0.5) is 0 Å². The maximum absolute atomic E-state index is 12.2. The van der Waals surface area contributed by atoms with Crippen molar-refractivity contribution in [3.63, 3.8) is 0 Å². The van der Waals surface area contributed by atoms with Gasteiger partial charge >= 0.3 is 5.97 Å². The fraction of sp³-hybridized carbons (Fsp3) is 0.656. The maximum atomic E-state index is 12.2. The highest BCUT2D eigenvalue weighted by atomic mass is 16.6. The lowest BCUT2D eigenvalue weighted by molar-refractivity contribution is -0.192. The second kappa shape index (κ2) is 11.3. The second-order valence-corrected chi connectivity index (χ2v) is 12.2. The number of carbonyl (C=O) groups is 1. The van der Waals surface area contributed by atoms with Crippen molar-refractivity contribution in [2.45, 2.75) is 105 Å². The molecule has 0 saturated carbocycles. The lowest BCUT2D eigenvalue weighted by atomic mass is 9.77. The summed E-state index contributed by atoms with van der Waals surface area (Å²) in [5.41, 5.74) is 3.57. The van der Waals surface area contributed by atoms with Gasteiger partial charge in [0.05, 0.1) is 19.3 Å². The third-order valence-electron chi connectivity index (χ3n) is 8.79. The predicted molar refractivity (Wildman–Crippen MR) is 150 cm³/mol. The van der Waals surface area contributed by atoms with Gasteiger partial charge in [-0.2, -0.15) is 0 Å². The van der Waals surface area contributed by atoms with E-state index in [-0.39, 0.29) is 41.7 Å². The predicted octanol–water partition coefficient (Wildman–Crippen LogP) is 8.00. The van der Waals surface area contributed by atoms with Gasteiger partial charge in [-0.25, -0.2) is 0 Å². The van der Waals surface area contributed by atoms with Gasteiger partial charge in [-0.05, 0) is 57.4 Å². The molecule has 2 aliphatic rings. The van der Waals surface area contributed by atoms with E-state index in [4.69, 9.17) is 18.6 Å². The summed E-state index contributed by atoms with van der Waals surface area (Å²) in [4.78, 5) is 12.2. The highest BCUT2D eigenvalue weighted by Crippen LogP contribution is 2.52. The number of ether oxygens (including phenoxy) is 3. The van der Waals surface area contributed by atoms with Crippen molar-refractivity contribution < 1.29 is 28.5 Å². The highest BCUT2D eigenvalue weighted by molar-refractivity contribution is 5.90. The van der Waals surface area contributed by atoms with E-state index in [2.05, 4.69) is 46.8 Å². The first-order valence-electron chi connectivity index (χ1n) is 14.3. The molecule has 0 amide bonds. The Hall–Kier alpha value is -2.47. The summed E-state index contributed by atoms with van der Waals surface area (Å²) >= 11 is 0. The van der Waals surface area contributed by atoms with Crippen molar-refractivity contribution in [3.8, 4) is 11.5 Å². The molecule has 1 aromatic carbocycles. The number of hydrogen-bond acceptors (Lipinski definition) is 6. The number of phenolic OH excluding ortho intramolecular Hbond substituents is 1. The minimum atomic E-state index is -0.488. The Bertz CT molecular complexity index is 1190. The van der Waals surface area contributed by atoms with Gasteiger partial charge in [-0.15, -0.1) is 0 Å².